The van der Waals surface area contributed by atoms with E-state index in [1.54, 1.807) is 0 Å². The van der Waals surface area contributed by atoms with Crippen molar-refractivity contribution in [3.63, 3.8) is 0 Å². The van der Waals surface area contributed by atoms with Gasteiger partial charge in [0.05, 0.1) is 0 Å². The van der Waals surface area contributed by atoms with Crippen LogP contribution >= 0.6 is 15.9 Å². The predicted octanol–water partition coefficient (Wildman–Crippen LogP) is 3.53. The molecule has 0 atom stereocenters. The van der Waals surface area contributed by atoms with Crippen molar-refractivity contribution in [2.45, 2.75) is 32.7 Å². The summed E-state index contributed by atoms with van der Waals surface area (Å²) in [4.78, 5) is 2.49. The summed E-state index contributed by atoms with van der Waals surface area (Å²) in [5.41, 5.74) is 8.41. The van der Waals surface area contributed by atoms with E-state index in [1.165, 1.54) is 43.6 Å². The Balaban J connectivity index is 2.15. The summed E-state index contributed by atoms with van der Waals surface area (Å²) in [7, 11) is 0. The number of nitrogens with zero attached hydrogens (tertiary/aromatic N) is 1. The largest absolute Gasteiger partial charge is 0.371 e. The normalized spacial score (nSPS) is 17.5. The van der Waals surface area contributed by atoms with E-state index in [2.05, 4.69) is 46.0 Å². The molecule has 0 bridgehead atoms. The Kier molecular flexibility index (Phi) is 4.46. The number of piperidine rings is 1. The van der Waals surface area contributed by atoms with E-state index in [-0.39, 0.29) is 0 Å². The molecule has 1 aliphatic heterocycles. The number of halogens is 1. The average molecular weight is 297 g/mol. The number of rotatable bonds is 3. The molecule has 1 aromatic carbocycles. The minimum Gasteiger partial charge on any atom is -0.371 e. The molecular weight excluding hydrogens is 276 g/mol. The minimum atomic E-state index is 0.602. The second-order valence-corrected chi connectivity index (χ2v) is 5.63. The Morgan fingerprint density at radius 3 is 2.65 bits per heavy atom. The van der Waals surface area contributed by atoms with E-state index < -0.39 is 0 Å². The molecule has 0 aliphatic carbocycles. The molecule has 1 fully saturated rings. The van der Waals surface area contributed by atoms with Crippen molar-refractivity contribution in [2.24, 2.45) is 11.7 Å². The van der Waals surface area contributed by atoms with Crippen LogP contribution in [-0.2, 0) is 6.54 Å². The fourth-order valence-corrected chi connectivity index (χ4v) is 3.15. The molecule has 0 unspecified atom stereocenters. The van der Waals surface area contributed by atoms with Crippen LogP contribution in [0, 0.1) is 5.92 Å². The maximum atomic E-state index is 5.85. The lowest BCUT2D eigenvalue weighted by molar-refractivity contribution is 0.394. The quantitative estimate of drug-likeness (QED) is 0.924. The molecule has 1 aliphatic rings. The van der Waals surface area contributed by atoms with Crippen LogP contribution in [0.1, 0.15) is 31.7 Å². The summed E-state index contributed by atoms with van der Waals surface area (Å²) in [5, 5.41) is 0. The van der Waals surface area contributed by atoms with Crippen molar-refractivity contribution in [1.29, 1.82) is 0 Å². The predicted molar refractivity (Wildman–Crippen MR) is 77.3 cm³/mol. The third-order valence-electron chi connectivity index (χ3n) is 3.83. The molecule has 2 N–H and O–H groups in total. The second kappa shape index (κ2) is 5.87. The maximum absolute atomic E-state index is 5.85. The van der Waals surface area contributed by atoms with E-state index in [4.69, 9.17) is 5.73 Å². The van der Waals surface area contributed by atoms with Crippen LogP contribution in [0.5, 0.6) is 0 Å². The molecule has 0 aromatic heterocycles. The summed E-state index contributed by atoms with van der Waals surface area (Å²) < 4.78 is 1.13. The van der Waals surface area contributed by atoms with Gasteiger partial charge >= 0.3 is 0 Å². The molecule has 0 radical (unpaired) electrons. The molecular formula is C14H21BrN2. The van der Waals surface area contributed by atoms with E-state index in [0.29, 0.717) is 6.54 Å². The van der Waals surface area contributed by atoms with Crippen LogP contribution in [0.4, 0.5) is 5.69 Å². The van der Waals surface area contributed by atoms with Gasteiger partial charge in [-0.15, -0.1) is 0 Å². The Labute approximate surface area is 112 Å². The number of benzene rings is 1. The Morgan fingerprint density at radius 2 is 2.06 bits per heavy atom. The van der Waals surface area contributed by atoms with Crippen LogP contribution < -0.4 is 10.6 Å². The van der Waals surface area contributed by atoms with Gasteiger partial charge in [-0.3, -0.25) is 0 Å². The summed E-state index contributed by atoms with van der Waals surface area (Å²) in [5.74, 6) is 0.916. The van der Waals surface area contributed by atoms with Gasteiger partial charge < -0.3 is 10.6 Å². The average Bonchev–Trinajstić information content (AvgIpc) is 2.38. The van der Waals surface area contributed by atoms with Gasteiger partial charge in [0, 0.05) is 35.4 Å². The van der Waals surface area contributed by atoms with Gasteiger partial charge in [-0.1, -0.05) is 35.3 Å². The fraction of sp³-hybridized carbons (Fsp3) is 0.571. The number of hydrogen-bond acceptors (Lipinski definition) is 2. The smallest absolute Gasteiger partial charge is 0.0423 e. The molecule has 2 rings (SSSR count). The molecule has 1 heterocycles. The summed E-state index contributed by atoms with van der Waals surface area (Å²) in [6, 6.07) is 6.37. The molecule has 3 heteroatoms. The minimum absolute atomic E-state index is 0.602. The number of anilines is 1. The lowest BCUT2D eigenvalue weighted by atomic mass is 9.94. The van der Waals surface area contributed by atoms with Gasteiger partial charge in [0.15, 0.2) is 0 Å². The van der Waals surface area contributed by atoms with Gasteiger partial charge in [-0.25, -0.2) is 0 Å². The van der Waals surface area contributed by atoms with Crippen molar-refractivity contribution < 1.29 is 0 Å². The van der Waals surface area contributed by atoms with Crippen LogP contribution in [0.3, 0.4) is 0 Å². The first-order chi connectivity index (χ1) is 8.26. The fourth-order valence-electron chi connectivity index (χ4n) is 2.63. The summed E-state index contributed by atoms with van der Waals surface area (Å²) >= 11 is 3.59. The zero-order valence-corrected chi connectivity index (χ0v) is 12.0. The monoisotopic (exact) mass is 296 g/mol. The lowest BCUT2D eigenvalue weighted by Gasteiger charge is -2.34. The summed E-state index contributed by atoms with van der Waals surface area (Å²) in [6.07, 6.45) is 3.94. The molecule has 0 saturated carbocycles. The third kappa shape index (κ3) is 2.83. The van der Waals surface area contributed by atoms with E-state index >= 15 is 0 Å². The molecule has 2 nitrogen and oxygen atoms in total. The highest BCUT2D eigenvalue weighted by Gasteiger charge is 2.20. The van der Waals surface area contributed by atoms with Crippen molar-refractivity contribution in [2.75, 3.05) is 18.0 Å². The standard InChI is InChI=1S/C14H21BrN2/c1-2-11-6-8-17(9-7-11)14-5-3-4-13(15)12(14)10-16/h3-5,11H,2,6-10,16H2,1H3. The molecule has 0 amide bonds. The molecule has 0 spiro atoms. The van der Waals surface area contributed by atoms with Crippen LogP contribution in [0.25, 0.3) is 0 Å². The Morgan fingerprint density at radius 1 is 1.35 bits per heavy atom. The molecule has 1 aromatic rings. The zero-order valence-electron chi connectivity index (χ0n) is 10.5. The van der Waals surface area contributed by atoms with Crippen LogP contribution in [0.2, 0.25) is 0 Å². The first kappa shape index (κ1) is 12.9. The highest BCUT2D eigenvalue weighted by molar-refractivity contribution is 9.10. The number of hydrogen-bond donors (Lipinski definition) is 1. The van der Waals surface area contributed by atoms with Gasteiger partial charge in [0.1, 0.15) is 0 Å². The van der Waals surface area contributed by atoms with Crippen molar-refractivity contribution in [3.8, 4) is 0 Å². The second-order valence-electron chi connectivity index (χ2n) is 4.78. The SMILES string of the molecule is CCC1CCN(c2cccc(Br)c2CN)CC1. The van der Waals surface area contributed by atoms with Gasteiger partial charge in [0.25, 0.3) is 0 Å². The first-order valence-corrected chi connectivity index (χ1v) is 7.28. The maximum Gasteiger partial charge on any atom is 0.0423 e. The zero-order chi connectivity index (χ0) is 12.3. The Bertz CT molecular complexity index is 370. The molecule has 94 valence electrons. The summed E-state index contributed by atoms with van der Waals surface area (Å²) in [6.45, 7) is 5.24. The molecule has 17 heavy (non-hydrogen) atoms. The highest BCUT2D eigenvalue weighted by Crippen LogP contribution is 2.31. The van der Waals surface area contributed by atoms with Crippen molar-refractivity contribution in [3.05, 3.63) is 28.2 Å². The van der Waals surface area contributed by atoms with E-state index in [0.717, 1.165) is 10.4 Å². The highest BCUT2D eigenvalue weighted by atomic mass is 79.9. The van der Waals surface area contributed by atoms with Gasteiger partial charge in [-0.2, -0.15) is 0 Å². The van der Waals surface area contributed by atoms with E-state index in [1.807, 2.05) is 0 Å². The van der Waals surface area contributed by atoms with E-state index in [9.17, 15) is 0 Å². The molecule has 1 saturated heterocycles. The van der Waals surface area contributed by atoms with Gasteiger partial charge in [0.2, 0.25) is 0 Å². The van der Waals surface area contributed by atoms with Crippen LogP contribution in [0.15, 0.2) is 22.7 Å². The third-order valence-corrected chi connectivity index (χ3v) is 4.57. The Hall–Kier alpha value is -0.540. The topological polar surface area (TPSA) is 29.3 Å². The van der Waals surface area contributed by atoms with Crippen LogP contribution in [-0.4, -0.2) is 13.1 Å². The van der Waals surface area contributed by atoms with Crippen molar-refractivity contribution >= 4 is 21.6 Å². The van der Waals surface area contributed by atoms with Gasteiger partial charge in [-0.05, 0) is 30.9 Å². The number of nitrogens with two attached hydrogens (primary N) is 1. The lowest BCUT2D eigenvalue weighted by Crippen LogP contribution is -2.34. The first-order valence-electron chi connectivity index (χ1n) is 6.48. The van der Waals surface area contributed by atoms with Crippen molar-refractivity contribution in [1.82, 2.24) is 0 Å².